The van der Waals surface area contributed by atoms with E-state index in [-0.39, 0.29) is 11.3 Å². The molecule has 1 aliphatic carbocycles. The zero-order valence-corrected chi connectivity index (χ0v) is 10.7. The average Bonchev–Trinajstić information content (AvgIpc) is 2.15. The molecule has 1 heterocycles. The normalized spacial score (nSPS) is 31.2. The molecule has 0 unspecified atom stereocenters. The standard InChI is InChI=1S/C13H25NO/c1-5-12(6-2)7-8-14-13(15-12)9-11(3,4)10-13/h14H,5-10H2,1-4H3. The molecule has 0 aromatic heterocycles. The number of nitrogens with one attached hydrogen (secondary N) is 1. The van der Waals surface area contributed by atoms with E-state index in [1.165, 1.54) is 19.3 Å². The molecule has 2 fully saturated rings. The van der Waals surface area contributed by atoms with E-state index in [1.54, 1.807) is 0 Å². The van der Waals surface area contributed by atoms with Gasteiger partial charge in [0.1, 0.15) is 5.72 Å². The van der Waals surface area contributed by atoms with Gasteiger partial charge in [0.2, 0.25) is 0 Å². The van der Waals surface area contributed by atoms with E-state index in [0.717, 1.165) is 19.4 Å². The van der Waals surface area contributed by atoms with Crippen molar-refractivity contribution in [3.05, 3.63) is 0 Å². The second kappa shape index (κ2) is 3.46. The molecular formula is C13H25NO. The minimum Gasteiger partial charge on any atom is -0.354 e. The van der Waals surface area contributed by atoms with Gasteiger partial charge in [-0.3, -0.25) is 5.32 Å². The lowest BCUT2D eigenvalue weighted by molar-refractivity contribution is -0.266. The Balaban J connectivity index is 2.05. The van der Waals surface area contributed by atoms with Gasteiger partial charge in [-0.15, -0.1) is 0 Å². The Kier molecular flexibility index (Phi) is 2.63. The number of ether oxygens (including phenoxy) is 1. The van der Waals surface area contributed by atoms with E-state index in [2.05, 4.69) is 33.0 Å². The summed E-state index contributed by atoms with van der Waals surface area (Å²) in [6, 6.07) is 0. The molecule has 2 nitrogen and oxygen atoms in total. The maximum absolute atomic E-state index is 6.42. The summed E-state index contributed by atoms with van der Waals surface area (Å²) in [6.07, 6.45) is 5.80. The molecule has 15 heavy (non-hydrogen) atoms. The first-order valence-electron chi connectivity index (χ1n) is 6.40. The lowest BCUT2D eigenvalue weighted by Gasteiger charge is -2.59. The average molecular weight is 211 g/mol. The molecule has 0 aromatic rings. The monoisotopic (exact) mass is 211 g/mol. The van der Waals surface area contributed by atoms with Gasteiger partial charge < -0.3 is 4.74 Å². The van der Waals surface area contributed by atoms with Crippen molar-refractivity contribution < 1.29 is 4.74 Å². The first kappa shape index (κ1) is 11.4. The van der Waals surface area contributed by atoms with E-state index >= 15 is 0 Å². The van der Waals surface area contributed by atoms with Crippen LogP contribution in [-0.2, 0) is 4.74 Å². The molecule has 0 amide bonds. The van der Waals surface area contributed by atoms with Crippen LogP contribution in [0.15, 0.2) is 0 Å². The maximum atomic E-state index is 6.42. The van der Waals surface area contributed by atoms with E-state index < -0.39 is 0 Å². The first-order chi connectivity index (χ1) is 6.95. The van der Waals surface area contributed by atoms with Crippen molar-refractivity contribution in [3.8, 4) is 0 Å². The van der Waals surface area contributed by atoms with Crippen molar-refractivity contribution in [1.29, 1.82) is 0 Å². The Bertz CT molecular complexity index is 235. The molecule has 0 radical (unpaired) electrons. The van der Waals surface area contributed by atoms with E-state index in [9.17, 15) is 0 Å². The Labute approximate surface area is 93.8 Å². The van der Waals surface area contributed by atoms with Crippen LogP contribution in [0.5, 0.6) is 0 Å². The highest BCUT2D eigenvalue weighted by molar-refractivity contribution is 5.03. The van der Waals surface area contributed by atoms with Gasteiger partial charge >= 0.3 is 0 Å². The molecule has 0 bridgehead atoms. The number of hydrogen-bond donors (Lipinski definition) is 1. The van der Waals surface area contributed by atoms with E-state index in [4.69, 9.17) is 4.74 Å². The molecule has 88 valence electrons. The highest BCUT2D eigenvalue weighted by atomic mass is 16.5. The van der Waals surface area contributed by atoms with Gasteiger partial charge in [-0.1, -0.05) is 27.7 Å². The number of rotatable bonds is 2. The lowest BCUT2D eigenvalue weighted by Crippen LogP contribution is -2.67. The van der Waals surface area contributed by atoms with Gasteiger partial charge in [0.05, 0.1) is 5.60 Å². The third kappa shape index (κ3) is 1.94. The molecule has 0 aromatic carbocycles. The predicted molar refractivity (Wildman–Crippen MR) is 62.8 cm³/mol. The second-order valence-electron chi connectivity index (χ2n) is 6.18. The molecule has 0 atom stereocenters. The second-order valence-corrected chi connectivity index (χ2v) is 6.18. The highest BCUT2D eigenvalue weighted by Crippen LogP contribution is 2.52. The Morgan fingerprint density at radius 2 is 1.73 bits per heavy atom. The van der Waals surface area contributed by atoms with Crippen LogP contribution in [0.25, 0.3) is 0 Å². The first-order valence-corrected chi connectivity index (χ1v) is 6.40. The molecule has 1 spiro atoms. The molecule has 1 saturated carbocycles. The summed E-state index contributed by atoms with van der Waals surface area (Å²) < 4.78 is 6.42. The van der Waals surface area contributed by atoms with Crippen LogP contribution in [0.3, 0.4) is 0 Å². The van der Waals surface area contributed by atoms with Crippen molar-refractivity contribution in [2.24, 2.45) is 5.41 Å². The van der Waals surface area contributed by atoms with Gasteiger partial charge in [-0.2, -0.15) is 0 Å². The van der Waals surface area contributed by atoms with Gasteiger partial charge in [0.25, 0.3) is 0 Å². The summed E-state index contributed by atoms with van der Waals surface area (Å²) >= 11 is 0. The summed E-state index contributed by atoms with van der Waals surface area (Å²) in [5, 5.41) is 3.59. The van der Waals surface area contributed by atoms with Crippen LogP contribution < -0.4 is 5.32 Å². The van der Waals surface area contributed by atoms with E-state index in [0.29, 0.717) is 5.41 Å². The summed E-state index contributed by atoms with van der Waals surface area (Å²) in [5.74, 6) is 0. The number of hydrogen-bond acceptors (Lipinski definition) is 2. The minimum absolute atomic E-state index is 0.0216. The quantitative estimate of drug-likeness (QED) is 0.758. The molecule has 2 aliphatic rings. The Morgan fingerprint density at radius 3 is 2.20 bits per heavy atom. The zero-order valence-electron chi connectivity index (χ0n) is 10.7. The Morgan fingerprint density at radius 1 is 1.13 bits per heavy atom. The molecule has 2 heteroatoms. The fourth-order valence-electron chi connectivity index (χ4n) is 3.46. The SMILES string of the molecule is CCC1(CC)CCNC2(CC(C)(C)C2)O1. The van der Waals surface area contributed by atoms with Crippen molar-refractivity contribution in [2.45, 2.75) is 71.1 Å². The van der Waals surface area contributed by atoms with Gasteiger partial charge in [-0.05, 0) is 37.5 Å². The fourth-order valence-corrected chi connectivity index (χ4v) is 3.46. The Hall–Kier alpha value is -0.0800. The van der Waals surface area contributed by atoms with Crippen molar-refractivity contribution in [2.75, 3.05) is 6.54 Å². The van der Waals surface area contributed by atoms with Crippen molar-refractivity contribution in [3.63, 3.8) is 0 Å². The van der Waals surface area contributed by atoms with Crippen molar-refractivity contribution in [1.82, 2.24) is 5.32 Å². The molecule has 1 aliphatic heterocycles. The van der Waals surface area contributed by atoms with Crippen LogP contribution in [0.2, 0.25) is 0 Å². The summed E-state index contributed by atoms with van der Waals surface area (Å²) in [7, 11) is 0. The van der Waals surface area contributed by atoms with Gasteiger partial charge in [0, 0.05) is 6.54 Å². The molecule has 1 saturated heterocycles. The van der Waals surface area contributed by atoms with Crippen LogP contribution in [0.1, 0.15) is 59.8 Å². The molecule has 2 rings (SSSR count). The maximum Gasteiger partial charge on any atom is 0.121 e. The smallest absolute Gasteiger partial charge is 0.121 e. The van der Waals surface area contributed by atoms with Crippen molar-refractivity contribution >= 4 is 0 Å². The summed E-state index contributed by atoms with van der Waals surface area (Å²) in [5.41, 5.74) is 0.646. The van der Waals surface area contributed by atoms with E-state index in [1.807, 2.05) is 0 Å². The largest absolute Gasteiger partial charge is 0.354 e. The molecule has 1 N–H and O–H groups in total. The summed E-state index contributed by atoms with van der Waals surface area (Å²) in [6.45, 7) is 10.3. The lowest BCUT2D eigenvalue weighted by atomic mass is 9.64. The van der Waals surface area contributed by atoms with Gasteiger partial charge in [0.15, 0.2) is 0 Å². The third-order valence-electron chi connectivity index (χ3n) is 4.26. The van der Waals surface area contributed by atoms with Crippen LogP contribution in [0, 0.1) is 5.41 Å². The third-order valence-corrected chi connectivity index (χ3v) is 4.26. The van der Waals surface area contributed by atoms with Crippen LogP contribution >= 0.6 is 0 Å². The van der Waals surface area contributed by atoms with Gasteiger partial charge in [-0.25, -0.2) is 0 Å². The molecular weight excluding hydrogens is 186 g/mol. The highest BCUT2D eigenvalue weighted by Gasteiger charge is 2.55. The zero-order chi connectivity index (χ0) is 11.2. The fraction of sp³-hybridized carbons (Fsp3) is 1.00. The minimum atomic E-state index is 0.0216. The van der Waals surface area contributed by atoms with Crippen LogP contribution in [-0.4, -0.2) is 17.9 Å². The topological polar surface area (TPSA) is 21.3 Å². The van der Waals surface area contributed by atoms with Crippen LogP contribution in [0.4, 0.5) is 0 Å². The predicted octanol–water partition coefficient (Wildman–Crippen LogP) is 3.07. The summed E-state index contributed by atoms with van der Waals surface area (Å²) in [4.78, 5) is 0.